The SMILES string of the molecule is CC(C)[C@@H]1CC(O)OC([C@@H](C)[C@H]2CC(=O)[C@H]3[C@@H]4CCC5CC(O)CC[C@]5(C)[C@H]4CC[C@]23C)C1. The third-order valence-corrected chi connectivity index (χ3v) is 12.0. The monoisotopic (exact) mass is 460 g/mol. The predicted octanol–water partition coefficient (Wildman–Crippen LogP) is 5.59. The first-order chi connectivity index (χ1) is 15.5. The second-order valence-corrected chi connectivity index (χ2v) is 13.7. The highest BCUT2D eigenvalue weighted by Crippen LogP contribution is 2.67. The lowest BCUT2D eigenvalue weighted by Gasteiger charge is -2.60. The van der Waals surface area contributed by atoms with Crippen molar-refractivity contribution in [2.45, 2.75) is 117 Å². The fourth-order valence-corrected chi connectivity index (χ4v) is 9.97. The first kappa shape index (κ1) is 24.3. The first-order valence-corrected chi connectivity index (χ1v) is 14.1. The summed E-state index contributed by atoms with van der Waals surface area (Å²) >= 11 is 0. The highest BCUT2D eigenvalue weighted by molar-refractivity contribution is 5.85. The summed E-state index contributed by atoms with van der Waals surface area (Å²) in [6.45, 7) is 11.7. The van der Waals surface area contributed by atoms with E-state index in [1.165, 1.54) is 19.3 Å². The number of ether oxygens (including phenoxy) is 1. The second kappa shape index (κ2) is 8.59. The maximum atomic E-state index is 13.7. The summed E-state index contributed by atoms with van der Waals surface area (Å²) in [5.74, 6) is 4.20. The number of rotatable bonds is 3. The molecule has 5 aliphatic rings. The van der Waals surface area contributed by atoms with Crippen molar-refractivity contribution in [1.82, 2.24) is 0 Å². The van der Waals surface area contributed by atoms with Gasteiger partial charge in [-0.25, -0.2) is 0 Å². The van der Waals surface area contributed by atoms with Gasteiger partial charge in [0.25, 0.3) is 0 Å². The molecule has 0 spiro atoms. The van der Waals surface area contributed by atoms with Crippen molar-refractivity contribution in [3.8, 4) is 0 Å². The largest absolute Gasteiger partial charge is 0.393 e. The molecule has 0 aromatic rings. The standard InChI is InChI=1S/C29H48O4/c1-16(2)18-12-25(33-26(32)13-18)17(3)23-15-24(31)27-21-7-6-19-14-20(30)8-10-28(19,4)22(21)9-11-29(23,27)5/h16-23,25-27,30,32H,6-15H2,1-5H3/t17-,18-,19?,20?,21+,22-,23+,25?,26?,27+,28-,29+/m0/s1. The molecule has 1 aliphatic heterocycles. The minimum absolute atomic E-state index is 0.0559. The Morgan fingerprint density at radius 2 is 1.67 bits per heavy atom. The Bertz CT molecular complexity index is 750. The van der Waals surface area contributed by atoms with Crippen LogP contribution in [0.4, 0.5) is 0 Å². The lowest BCUT2D eigenvalue weighted by molar-refractivity contribution is -0.205. The highest BCUT2D eigenvalue weighted by atomic mass is 16.6. The van der Waals surface area contributed by atoms with Crippen LogP contribution in [0.3, 0.4) is 0 Å². The number of hydrogen-bond donors (Lipinski definition) is 2. The molecule has 4 saturated carbocycles. The van der Waals surface area contributed by atoms with E-state index < -0.39 is 6.29 Å². The van der Waals surface area contributed by atoms with Crippen molar-refractivity contribution in [2.24, 2.45) is 58.2 Å². The molecular weight excluding hydrogens is 412 g/mol. The summed E-state index contributed by atoms with van der Waals surface area (Å²) in [6, 6.07) is 0. The molecule has 4 nitrogen and oxygen atoms in total. The van der Waals surface area contributed by atoms with Crippen LogP contribution in [-0.4, -0.2) is 34.5 Å². The number of fused-ring (bicyclic) bond motifs is 5. The van der Waals surface area contributed by atoms with E-state index in [2.05, 4.69) is 34.6 Å². The third-order valence-electron chi connectivity index (χ3n) is 12.0. The number of aliphatic hydroxyl groups is 2. The fourth-order valence-electron chi connectivity index (χ4n) is 9.97. The molecule has 188 valence electrons. The zero-order valence-corrected chi connectivity index (χ0v) is 21.6. The van der Waals surface area contributed by atoms with Crippen LogP contribution < -0.4 is 0 Å². The number of aliphatic hydroxyl groups excluding tert-OH is 2. The molecule has 4 aliphatic carbocycles. The Balaban J connectivity index is 1.37. The lowest BCUT2D eigenvalue weighted by Crippen LogP contribution is -2.55. The number of carbonyl (C=O) groups excluding carboxylic acids is 1. The Labute approximate surface area is 201 Å². The molecule has 1 saturated heterocycles. The molecule has 4 heteroatoms. The molecule has 1 heterocycles. The Morgan fingerprint density at radius 3 is 2.39 bits per heavy atom. The van der Waals surface area contributed by atoms with Crippen LogP contribution >= 0.6 is 0 Å². The zero-order valence-electron chi connectivity index (χ0n) is 21.6. The van der Waals surface area contributed by atoms with E-state index in [4.69, 9.17) is 4.74 Å². The van der Waals surface area contributed by atoms with Crippen LogP contribution in [0.1, 0.15) is 98.8 Å². The van der Waals surface area contributed by atoms with Crippen molar-refractivity contribution in [3.63, 3.8) is 0 Å². The normalized spacial score (nSPS) is 53.3. The third kappa shape index (κ3) is 3.85. The number of hydrogen-bond acceptors (Lipinski definition) is 4. The van der Waals surface area contributed by atoms with Crippen LogP contribution in [0.25, 0.3) is 0 Å². The van der Waals surface area contributed by atoms with Gasteiger partial charge in [-0.3, -0.25) is 4.79 Å². The van der Waals surface area contributed by atoms with Gasteiger partial charge in [0.1, 0.15) is 5.78 Å². The molecule has 2 N–H and O–H groups in total. The van der Waals surface area contributed by atoms with E-state index >= 15 is 0 Å². The van der Waals surface area contributed by atoms with Crippen molar-refractivity contribution < 1.29 is 19.7 Å². The van der Waals surface area contributed by atoms with E-state index in [0.717, 1.165) is 38.5 Å². The maximum absolute atomic E-state index is 13.7. The molecule has 0 radical (unpaired) electrons. The zero-order chi connectivity index (χ0) is 23.7. The Hall–Kier alpha value is -0.450. The molecule has 0 aromatic carbocycles. The number of carbonyl (C=O) groups is 1. The summed E-state index contributed by atoms with van der Waals surface area (Å²) in [5, 5.41) is 20.7. The van der Waals surface area contributed by atoms with Crippen LogP contribution in [0.5, 0.6) is 0 Å². The van der Waals surface area contributed by atoms with E-state index in [0.29, 0.717) is 59.0 Å². The smallest absolute Gasteiger partial charge is 0.155 e. The summed E-state index contributed by atoms with van der Waals surface area (Å²) < 4.78 is 6.12. The fraction of sp³-hybridized carbons (Fsp3) is 0.966. The molecule has 33 heavy (non-hydrogen) atoms. The quantitative estimate of drug-likeness (QED) is 0.576. The van der Waals surface area contributed by atoms with E-state index in [1.807, 2.05) is 0 Å². The van der Waals surface area contributed by atoms with E-state index in [-0.39, 0.29) is 23.5 Å². The van der Waals surface area contributed by atoms with Gasteiger partial charge in [0.15, 0.2) is 6.29 Å². The van der Waals surface area contributed by atoms with Crippen molar-refractivity contribution in [2.75, 3.05) is 0 Å². The summed E-state index contributed by atoms with van der Waals surface area (Å²) in [6.07, 6.45) is 9.49. The molecular formula is C29H48O4. The molecule has 0 bridgehead atoms. The minimum atomic E-state index is -0.660. The molecule has 0 amide bonds. The topological polar surface area (TPSA) is 66.8 Å². The summed E-state index contributed by atoms with van der Waals surface area (Å²) in [4.78, 5) is 13.7. The van der Waals surface area contributed by atoms with E-state index in [9.17, 15) is 15.0 Å². The lowest BCUT2D eigenvalue weighted by atomic mass is 9.44. The molecule has 5 fully saturated rings. The van der Waals surface area contributed by atoms with Gasteiger partial charge in [0.2, 0.25) is 0 Å². The molecule has 12 atom stereocenters. The van der Waals surface area contributed by atoms with Gasteiger partial charge < -0.3 is 14.9 Å². The van der Waals surface area contributed by atoms with Crippen molar-refractivity contribution in [1.29, 1.82) is 0 Å². The summed E-state index contributed by atoms with van der Waals surface area (Å²) in [7, 11) is 0. The minimum Gasteiger partial charge on any atom is -0.393 e. The van der Waals surface area contributed by atoms with Gasteiger partial charge in [-0.2, -0.15) is 0 Å². The average molecular weight is 461 g/mol. The van der Waals surface area contributed by atoms with E-state index in [1.54, 1.807) is 0 Å². The van der Waals surface area contributed by atoms with Crippen LogP contribution in [-0.2, 0) is 9.53 Å². The van der Waals surface area contributed by atoms with Gasteiger partial charge in [0, 0.05) is 18.8 Å². The van der Waals surface area contributed by atoms with Crippen molar-refractivity contribution >= 4 is 5.78 Å². The molecule has 4 unspecified atom stereocenters. The average Bonchev–Trinajstić information content (AvgIpc) is 3.04. The Kier molecular flexibility index (Phi) is 6.31. The van der Waals surface area contributed by atoms with Gasteiger partial charge >= 0.3 is 0 Å². The molecule has 0 aromatic heterocycles. The number of ketones is 1. The van der Waals surface area contributed by atoms with Crippen LogP contribution in [0, 0.1) is 58.2 Å². The van der Waals surface area contributed by atoms with Gasteiger partial charge in [-0.05, 0) is 104 Å². The highest BCUT2D eigenvalue weighted by Gasteiger charge is 2.64. The van der Waals surface area contributed by atoms with Gasteiger partial charge in [-0.15, -0.1) is 0 Å². The predicted molar refractivity (Wildman–Crippen MR) is 129 cm³/mol. The maximum Gasteiger partial charge on any atom is 0.155 e. The van der Waals surface area contributed by atoms with Crippen LogP contribution in [0.2, 0.25) is 0 Å². The van der Waals surface area contributed by atoms with Crippen LogP contribution in [0.15, 0.2) is 0 Å². The summed E-state index contributed by atoms with van der Waals surface area (Å²) in [5.41, 5.74) is 0.364. The molecule has 5 rings (SSSR count). The van der Waals surface area contributed by atoms with Gasteiger partial charge in [-0.1, -0.05) is 34.6 Å². The van der Waals surface area contributed by atoms with Crippen molar-refractivity contribution in [3.05, 3.63) is 0 Å². The first-order valence-electron chi connectivity index (χ1n) is 14.1. The Morgan fingerprint density at radius 1 is 0.939 bits per heavy atom. The van der Waals surface area contributed by atoms with Gasteiger partial charge in [0.05, 0.1) is 12.2 Å². The second-order valence-electron chi connectivity index (χ2n) is 13.7. The number of Topliss-reactive ketones (excluding diaryl/α,β-unsaturated/α-hetero) is 1.